The van der Waals surface area contributed by atoms with Crippen molar-refractivity contribution in [3.63, 3.8) is 0 Å². The molecule has 0 radical (unpaired) electrons. The van der Waals surface area contributed by atoms with Gasteiger partial charge in [-0.05, 0) is 42.5 Å². The van der Waals surface area contributed by atoms with Crippen LogP contribution in [0.2, 0.25) is 0 Å². The molecule has 0 saturated heterocycles. The number of carbonyl (C=O) groups excluding carboxylic acids is 1. The maximum absolute atomic E-state index is 12.7. The van der Waals surface area contributed by atoms with Crippen molar-refractivity contribution < 1.29 is 4.79 Å². The molecule has 1 N–H and O–H groups in total. The summed E-state index contributed by atoms with van der Waals surface area (Å²) in [5, 5.41) is 3.64. The second kappa shape index (κ2) is 7.03. The van der Waals surface area contributed by atoms with E-state index in [-0.39, 0.29) is 11.9 Å². The Hall–Kier alpha value is -3.28. The van der Waals surface area contributed by atoms with Crippen molar-refractivity contribution in [2.75, 3.05) is 11.9 Å². The van der Waals surface area contributed by atoms with Crippen molar-refractivity contribution in [2.24, 2.45) is 0 Å². The zero-order valence-electron chi connectivity index (χ0n) is 15.5. The Kier molecular flexibility index (Phi) is 4.24. The molecule has 6 heteroatoms. The van der Waals surface area contributed by atoms with Gasteiger partial charge in [0.25, 0.3) is 5.91 Å². The predicted octanol–water partition coefficient (Wildman–Crippen LogP) is 3.17. The molecule has 0 spiro atoms. The highest BCUT2D eigenvalue weighted by Crippen LogP contribution is 2.35. The number of nitrogens with zero attached hydrogens (tertiary/aromatic N) is 4. The summed E-state index contributed by atoms with van der Waals surface area (Å²) in [7, 11) is 0. The van der Waals surface area contributed by atoms with Gasteiger partial charge in [-0.3, -0.25) is 9.78 Å². The summed E-state index contributed by atoms with van der Waals surface area (Å²) >= 11 is 0. The SMILES string of the molecule is O=C(c1cccnc1)N1CCc2c(ncnc2N[C@@H]2CCc3ccccc32)C1. The molecule has 3 heterocycles. The van der Waals surface area contributed by atoms with Gasteiger partial charge in [0.1, 0.15) is 12.1 Å². The van der Waals surface area contributed by atoms with Crippen LogP contribution in [-0.4, -0.2) is 32.3 Å². The second-order valence-corrected chi connectivity index (χ2v) is 7.30. The molecule has 6 nitrogen and oxygen atoms in total. The molecule has 1 aromatic carbocycles. The number of aromatic nitrogens is 3. The molecule has 0 fully saturated rings. The maximum atomic E-state index is 12.7. The Labute approximate surface area is 163 Å². The Bertz CT molecular complexity index is 1020. The van der Waals surface area contributed by atoms with Gasteiger partial charge in [0.15, 0.2) is 0 Å². The van der Waals surface area contributed by atoms with Crippen molar-refractivity contribution in [3.05, 3.63) is 83.1 Å². The number of rotatable bonds is 3. The third-order valence-electron chi connectivity index (χ3n) is 5.65. The van der Waals surface area contributed by atoms with Gasteiger partial charge in [-0.2, -0.15) is 0 Å². The van der Waals surface area contributed by atoms with E-state index < -0.39 is 0 Å². The summed E-state index contributed by atoms with van der Waals surface area (Å²) in [5.74, 6) is 0.900. The number of benzene rings is 1. The van der Waals surface area contributed by atoms with Gasteiger partial charge < -0.3 is 10.2 Å². The molecule has 1 amide bonds. The van der Waals surface area contributed by atoms with Crippen molar-refractivity contribution in [1.29, 1.82) is 0 Å². The lowest BCUT2D eigenvalue weighted by Crippen LogP contribution is -2.37. The average molecular weight is 371 g/mol. The standard InChI is InChI=1S/C22H21N5O/c28-22(16-5-3-10-23-12-16)27-11-9-18-20(13-27)24-14-25-21(18)26-19-8-7-15-4-1-2-6-17(15)19/h1-6,10,12,14,19H,7-9,11,13H2,(H,24,25,26)/t19-/m1/s1. The topological polar surface area (TPSA) is 71.0 Å². The fourth-order valence-electron chi connectivity index (χ4n) is 4.20. The molecule has 140 valence electrons. The molecule has 0 saturated carbocycles. The minimum absolute atomic E-state index is 0.00316. The second-order valence-electron chi connectivity index (χ2n) is 7.30. The van der Waals surface area contributed by atoms with E-state index in [2.05, 4.69) is 44.5 Å². The van der Waals surface area contributed by atoms with E-state index in [4.69, 9.17) is 0 Å². The third kappa shape index (κ3) is 3.01. The first kappa shape index (κ1) is 16.9. The Morgan fingerprint density at radius 2 is 2.04 bits per heavy atom. The molecule has 28 heavy (non-hydrogen) atoms. The Morgan fingerprint density at radius 1 is 1.11 bits per heavy atom. The van der Waals surface area contributed by atoms with E-state index in [9.17, 15) is 4.79 Å². The summed E-state index contributed by atoms with van der Waals surface area (Å²) in [6.07, 6.45) is 7.80. The average Bonchev–Trinajstić information content (AvgIpc) is 3.16. The number of hydrogen-bond acceptors (Lipinski definition) is 5. The summed E-state index contributed by atoms with van der Waals surface area (Å²) in [4.78, 5) is 27.6. The van der Waals surface area contributed by atoms with Gasteiger partial charge >= 0.3 is 0 Å². The van der Waals surface area contributed by atoms with Gasteiger partial charge in [-0.1, -0.05) is 24.3 Å². The fraction of sp³-hybridized carbons (Fsp3) is 0.273. The number of anilines is 1. The van der Waals surface area contributed by atoms with Gasteiger partial charge in [0, 0.05) is 24.5 Å². The number of aryl methyl sites for hydroxylation is 1. The van der Waals surface area contributed by atoms with Crippen LogP contribution in [0.5, 0.6) is 0 Å². The van der Waals surface area contributed by atoms with Crippen LogP contribution < -0.4 is 5.32 Å². The lowest BCUT2D eigenvalue weighted by Gasteiger charge is -2.29. The van der Waals surface area contributed by atoms with Crippen LogP contribution in [0.3, 0.4) is 0 Å². The molecule has 0 unspecified atom stereocenters. The highest BCUT2D eigenvalue weighted by Gasteiger charge is 2.27. The highest BCUT2D eigenvalue weighted by molar-refractivity contribution is 5.94. The van der Waals surface area contributed by atoms with E-state index >= 15 is 0 Å². The van der Waals surface area contributed by atoms with Crippen molar-refractivity contribution in [3.8, 4) is 0 Å². The monoisotopic (exact) mass is 371 g/mol. The van der Waals surface area contributed by atoms with E-state index in [0.717, 1.165) is 36.3 Å². The van der Waals surface area contributed by atoms with Crippen molar-refractivity contribution in [2.45, 2.75) is 31.8 Å². The summed E-state index contributed by atoms with van der Waals surface area (Å²) in [5.41, 5.74) is 5.44. The van der Waals surface area contributed by atoms with Crippen LogP contribution in [0.15, 0.2) is 55.1 Å². The largest absolute Gasteiger partial charge is 0.363 e. The lowest BCUT2D eigenvalue weighted by molar-refractivity contribution is 0.0731. The maximum Gasteiger partial charge on any atom is 0.255 e. The molecule has 1 atom stereocenters. The molecular formula is C22H21N5O. The lowest BCUT2D eigenvalue weighted by atomic mass is 10.0. The third-order valence-corrected chi connectivity index (χ3v) is 5.65. The van der Waals surface area contributed by atoms with Crippen LogP contribution in [0, 0.1) is 0 Å². The van der Waals surface area contributed by atoms with E-state index in [1.807, 2.05) is 4.90 Å². The first-order valence-corrected chi connectivity index (χ1v) is 9.66. The molecule has 2 aliphatic rings. The smallest absolute Gasteiger partial charge is 0.255 e. The highest BCUT2D eigenvalue weighted by atomic mass is 16.2. The molecular weight excluding hydrogens is 350 g/mol. The normalized spacial score (nSPS) is 17.7. The number of hydrogen-bond donors (Lipinski definition) is 1. The molecule has 3 aromatic rings. The van der Waals surface area contributed by atoms with Gasteiger partial charge in [0.05, 0.1) is 23.8 Å². The zero-order valence-corrected chi connectivity index (χ0v) is 15.5. The zero-order chi connectivity index (χ0) is 18.9. The van der Waals surface area contributed by atoms with Crippen LogP contribution in [0.25, 0.3) is 0 Å². The molecule has 5 rings (SSSR count). The summed E-state index contributed by atoms with van der Waals surface area (Å²) < 4.78 is 0. The predicted molar refractivity (Wildman–Crippen MR) is 106 cm³/mol. The van der Waals surface area contributed by atoms with Gasteiger partial charge in [-0.15, -0.1) is 0 Å². The van der Waals surface area contributed by atoms with Crippen molar-refractivity contribution in [1.82, 2.24) is 19.9 Å². The number of amides is 1. The minimum atomic E-state index is -0.00316. The van der Waals surface area contributed by atoms with Gasteiger partial charge in [-0.25, -0.2) is 9.97 Å². The summed E-state index contributed by atoms with van der Waals surface area (Å²) in [6.45, 7) is 1.16. The molecule has 1 aliphatic carbocycles. The van der Waals surface area contributed by atoms with Crippen LogP contribution in [-0.2, 0) is 19.4 Å². The Balaban J connectivity index is 1.37. The molecule has 1 aliphatic heterocycles. The van der Waals surface area contributed by atoms with Crippen LogP contribution >= 0.6 is 0 Å². The fourth-order valence-corrected chi connectivity index (χ4v) is 4.20. The van der Waals surface area contributed by atoms with Crippen LogP contribution in [0.4, 0.5) is 5.82 Å². The number of nitrogens with one attached hydrogen (secondary N) is 1. The number of carbonyl (C=O) groups is 1. The first-order valence-electron chi connectivity index (χ1n) is 9.66. The summed E-state index contributed by atoms with van der Waals surface area (Å²) in [6, 6.07) is 12.5. The molecule has 2 aromatic heterocycles. The molecule has 0 bridgehead atoms. The van der Waals surface area contributed by atoms with E-state index in [1.54, 1.807) is 30.9 Å². The van der Waals surface area contributed by atoms with E-state index in [0.29, 0.717) is 18.7 Å². The van der Waals surface area contributed by atoms with Crippen molar-refractivity contribution >= 4 is 11.7 Å². The quantitative estimate of drug-likeness (QED) is 0.766. The minimum Gasteiger partial charge on any atom is -0.363 e. The van der Waals surface area contributed by atoms with E-state index in [1.165, 1.54) is 11.1 Å². The first-order chi connectivity index (χ1) is 13.8. The van der Waals surface area contributed by atoms with Crippen LogP contribution in [0.1, 0.15) is 45.2 Å². The number of fused-ring (bicyclic) bond motifs is 2. The Morgan fingerprint density at radius 3 is 2.93 bits per heavy atom. The number of pyridine rings is 1. The van der Waals surface area contributed by atoms with Gasteiger partial charge in [0.2, 0.25) is 0 Å².